The van der Waals surface area contributed by atoms with E-state index in [1.54, 1.807) is 13.3 Å². The van der Waals surface area contributed by atoms with E-state index in [0.29, 0.717) is 17.7 Å². The molecule has 1 saturated carbocycles. The quantitative estimate of drug-likeness (QED) is 0.936. The number of ether oxygens (including phenoxy) is 1. The van der Waals surface area contributed by atoms with E-state index < -0.39 is 0 Å². The summed E-state index contributed by atoms with van der Waals surface area (Å²) in [5.74, 6) is 1.59. The van der Waals surface area contributed by atoms with Gasteiger partial charge in [-0.25, -0.2) is 4.98 Å². The largest absolute Gasteiger partial charge is 0.480 e. The van der Waals surface area contributed by atoms with E-state index in [4.69, 9.17) is 4.74 Å². The van der Waals surface area contributed by atoms with Crippen LogP contribution in [0.2, 0.25) is 0 Å². The van der Waals surface area contributed by atoms with Crippen molar-refractivity contribution in [3.05, 3.63) is 22.6 Å². The molecule has 0 saturated heterocycles. The van der Waals surface area contributed by atoms with Gasteiger partial charge in [-0.3, -0.25) is 4.68 Å². The molecule has 1 aliphatic carbocycles. The number of nitrogens with zero attached hydrogens (tertiary/aromatic N) is 4. The highest BCUT2D eigenvalue weighted by Gasteiger charge is 2.29. The van der Waals surface area contributed by atoms with Crippen molar-refractivity contribution in [3.8, 4) is 5.88 Å². The Morgan fingerprint density at radius 3 is 2.95 bits per heavy atom. The molecule has 7 heteroatoms. The van der Waals surface area contributed by atoms with Crippen molar-refractivity contribution in [2.75, 3.05) is 12.4 Å². The fraction of sp³-hybridized carbons (Fsp3) is 0.417. The van der Waals surface area contributed by atoms with E-state index in [-0.39, 0.29) is 0 Å². The van der Waals surface area contributed by atoms with Gasteiger partial charge in [-0.15, -0.1) is 0 Å². The zero-order valence-electron chi connectivity index (χ0n) is 10.7. The van der Waals surface area contributed by atoms with E-state index in [1.165, 1.54) is 12.8 Å². The van der Waals surface area contributed by atoms with Crippen molar-refractivity contribution in [1.82, 2.24) is 19.7 Å². The fourth-order valence-corrected chi connectivity index (χ4v) is 2.29. The van der Waals surface area contributed by atoms with Crippen LogP contribution in [0.4, 0.5) is 11.6 Å². The molecule has 2 aromatic heterocycles. The SMILES string of the molecule is COc1nc(Nc2cn(C)nc2C2CC2)ncc1Br. The Hall–Kier alpha value is -1.63. The average Bonchev–Trinajstić information content (AvgIpc) is 3.17. The van der Waals surface area contributed by atoms with Crippen LogP contribution in [-0.4, -0.2) is 26.9 Å². The lowest BCUT2D eigenvalue weighted by Crippen LogP contribution is -2.00. The summed E-state index contributed by atoms with van der Waals surface area (Å²) in [5, 5.41) is 7.70. The molecule has 2 heterocycles. The van der Waals surface area contributed by atoms with Crippen molar-refractivity contribution >= 4 is 27.6 Å². The van der Waals surface area contributed by atoms with Gasteiger partial charge in [0.15, 0.2) is 0 Å². The molecular weight excluding hydrogens is 310 g/mol. The zero-order chi connectivity index (χ0) is 13.4. The number of halogens is 1. The Balaban J connectivity index is 1.88. The molecule has 100 valence electrons. The van der Waals surface area contributed by atoms with E-state index in [0.717, 1.165) is 15.9 Å². The number of nitrogens with one attached hydrogen (secondary N) is 1. The molecule has 0 bridgehead atoms. The number of anilines is 2. The van der Waals surface area contributed by atoms with E-state index in [9.17, 15) is 0 Å². The van der Waals surface area contributed by atoms with Gasteiger partial charge in [-0.05, 0) is 28.8 Å². The summed E-state index contributed by atoms with van der Waals surface area (Å²) in [7, 11) is 3.50. The highest BCUT2D eigenvalue weighted by molar-refractivity contribution is 9.10. The van der Waals surface area contributed by atoms with E-state index >= 15 is 0 Å². The Morgan fingerprint density at radius 1 is 1.47 bits per heavy atom. The summed E-state index contributed by atoms with van der Waals surface area (Å²) < 4.78 is 7.70. The summed E-state index contributed by atoms with van der Waals surface area (Å²) in [6, 6.07) is 0. The van der Waals surface area contributed by atoms with Gasteiger partial charge in [-0.1, -0.05) is 0 Å². The number of hydrogen-bond donors (Lipinski definition) is 1. The lowest BCUT2D eigenvalue weighted by molar-refractivity contribution is 0.394. The lowest BCUT2D eigenvalue weighted by atomic mass is 10.2. The predicted molar refractivity (Wildman–Crippen MR) is 74.7 cm³/mol. The molecule has 0 amide bonds. The van der Waals surface area contributed by atoms with Crippen molar-refractivity contribution < 1.29 is 4.74 Å². The van der Waals surface area contributed by atoms with Gasteiger partial charge in [0.05, 0.1) is 29.2 Å². The number of aromatic nitrogens is 4. The first-order chi connectivity index (χ1) is 9.17. The Bertz CT molecular complexity index is 608. The van der Waals surface area contributed by atoms with Gasteiger partial charge in [-0.2, -0.15) is 10.1 Å². The van der Waals surface area contributed by atoms with Crippen LogP contribution in [0.15, 0.2) is 16.9 Å². The van der Waals surface area contributed by atoms with Crippen LogP contribution in [0.5, 0.6) is 5.88 Å². The van der Waals surface area contributed by atoms with E-state index in [2.05, 4.69) is 36.3 Å². The van der Waals surface area contributed by atoms with Crippen LogP contribution in [0.25, 0.3) is 0 Å². The topological polar surface area (TPSA) is 64.9 Å². The second-order valence-corrected chi connectivity index (χ2v) is 5.41. The van der Waals surface area contributed by atoms with Crippen molar-refractivity contribution in [2.45, 2.75) is 18.8 Å². The normalized spacial score (nSPS) is 14.5. The minimum atomic E-state index is 0.509. The molecule has 0 aliphatic heterocycles. The van der Waals surface area contributed by atoms with Crippen molar-refractivity contribution in [2.24, 2.45) is 7.05 Å². The smallest absolute Gasteiger partial charge is 0.232 e. The molecular formula is C12H14BrN5O. The first-order valence-electron chi connectivity index (χ1n) is 6.04. The third kappa shape index (κ3) is 2.56. The predicted octanol–water partition coefficient (Wildman–Crippen LogP) is 2.60. The first-order valence-corrected chi connectivity index (χ1v) is 6.83. The van der Waals surface area contributed by atoms with Crippen LogP contribution < -0.4 is 10.1 Å². The maximum absolute atomic E-state index is 5.16. The lowest BCUT2D eigenvalue weighted by Gasteiger charge is -2.06. The maximum atomic E-state index is 5.16. The van der Waals surface area contributed by atoms with Gasteiger partial charge >= 0.3 is 0 Å². The molecule has 3 rings (SSSR count). The monoisotopic (exact) mass is 323 g/mol. The van der Waals surface area contributed by atoms with Gasteiger partial charge in [0.1, 0.15) is 0 Å². The standard InChI is InChI=1S/C12H14BrN5O/c1-18-6-9(10(17-18)7-3-4-7)15-12-14-5-8(13)11(16-12)19-2/h5-7H,3-4H2,1-2H3,(H,14,15,16). The molecule has 19 heavy (non-hydrogen) atoms. The number of aryl methyl sites for hydroxylation is 1. The third-order valence-corrected chi connectivity index (χ3v) is 3.52. The Morgan fingerprint density at radius 2 is 2.26 bits per heavy atom. The van der Waals surface area contributed by atoms with Crippen LogP contribution in [0, 0.1) is 0 Å². The Kier molecular flexibility index (Phi) is 3.14. The molecule has 0 atom stereocenters. The summed E-state index contributed by atoms with van der Waals surface area (Å²) in [4.78, 5) is 8.51. The fourth-order valence-electron chi connectivity index (χ4n) is 1.94. The molecule has 1 aliphatic rings. The summed E-state index contributed by atoms with van der Waals surface area (Å²) in [5.41, 5.74) is 2.06. The molecule has 1 fully saturated rings. The van der Waals surface area contributed by atoms with E-state index in [1.807, 2.05) is 17.9 Å². The minimum Gasteiger partial charge on any atom is -0.480 e. The molecule has 2 aromatic rings. The van der Waals surface area contributed by atoms with Crippen LogP contribution in [0.1, 0.15) is 24.5 Å². The van der Waals surface area contributed by atoms with Crippen molar-refractivity contribution in [3.63, 3.8) is 0 Å². The molecule has 0 unspecified atom stereocenters. The van der Waals surface area contributed by atoms with Gasteiger partial charge in [0, 0.05) is 19.2 Å². The van der Waals surface area contributed by atoms with Crippen LogP contribution in [0.3, 0.4) is 0 Å². The number of rotatable bonds is 4. The molecule has 6 nitrogen and oxygen atoms in total. The Labute approximate surface area is 119 Å². The molecule has 0 aromatic carbocycles. The van der Waals surface area contributed by atoms with Gasteiger partial charge < -0.3 is 10.1 Å². The zero-order valence-corrected chi connectivity index (χ0v) is 12.3. The van der Waals surface area contributed by atoms with Crippen LogP contribution >= 0.6 is 15.9 Å². The highest BCUT2D eigenvalue weighted by atomic mass is 79.9. The van der Waals surface area contributed by atoms with Crippen LogP contribution in [-0.2, 0) is 7.05 Å². The third-order valence-electron chi connectivity index (χ3n) is 2.97. The number of hydrogen-bond acceptors (Lipinski definition) is 5. The highest BCUT2D eigenvalue weighted by Crippen LogP contribution is 2.42. The van der Waals surface area contributed by atoms with Gasteiger partial charge in [0.25, 0.3) is 0 Å². The summed E-state index contributed by atoms with van der Waals surface area (Å²) in [6.45, 7) is 0. The summed E-state index contributed by atoms with van der Waals surface area (Å²) in [6.07, 6.45) is 6.03. The summed E-state index contributed by atoms with van der Waals surface area (Å²) >= 11 is 3.33. The van der Waals surface area contributed by atoms with Crippen molar-refractivity contribution in [1.29, 1.82) is 0 Å². The molecule has 0 spiro atoms. The second kappa shape index (κ2) is 4.80. The molecule has 1 N–H and O–H groups in total. The second-order valence-electron chi connectivity index (χ2n) is 4.55. The average molecular weight is 324 g/mol. The molecule has 0 radical (unpaired) electrons. The maximum Gasteiger partial charge on any atom is 0.232 e. The number of methoxy groups -OCH3 is 1. The van der Waals surface area contributed by atoms with Gasteiger partial charge in [0.2, 0.25) is 11.8 Å². The minimum absolute atomic E-state index is 0.509. The first kappa shape index (κ1) is 12.4.